The summed E-state index contributed by atoms with van der Waals surface area (Å²) in [5, 5.41) is 12.8. The molecule has 0 spiro atoms. The molecule has 2 N–H and O–H groups in total. The molecule has 2 atom stereocenters. The van der Waals surface area contributed by atoms with E-state index in [0.29, 0.717) is 24.5 Å². The smallest absolute Gasteiger partial charge is 0.331 e. The Morgan fingerprint density at radius 2 is 1.88 bits per heavy atom. The van der Waals surface area contributed by atoms with Crippen molar-refractivity contribution in [2.45, 2.75) is 26.0 Å². The van der Waals surface area contributed by atoms with E-state index in [1.807, 2.05) is 0 Å². The van der Waals surface area contributed by atoms with E-state index in [0.717, 1.165) is 0 Å². The molecule has 0 unspecified atom stereocenters. The number of nitrogens with one attached hydrogen (secondary N) is 1. The van der Waals surface area contributed by atoms with E-state index in [1.165, 1.54) is 6.92 Å². The summed E-state index contributed by atoms with van der Waals surface area (Å²) >= 11 is 0. The Labute approximate surface area is 147 Å². The van der Waals surface area contributed by atoms with Crippen LogP contribution < -0.4 is 10.1 Å². The number of esters is 1. The van der Waals surface area contributed by atoms with Crippen LogP contribution >= 0.6 is 0 Å². The van der Waals surface area contributed by atoms with Crippen LogP contribution in [0.5, 0.6) is 5.75 Å². The zero-order valence-corrected chi connectivity index (χ0v) is 14.7. The van der Waals surface area contributed by atoms with Crippen LogP contribution in [0.1, 0.15) is 25.5 Å². The molecule has 0 fully saturated rings. The Hall–Kier alpha value is -2.16. The minimum Gasteiger partial charge on any atom is -0.468 e. The third-order valence-electron chi connectivity index (χ3n) is 3.18. The zero-order valence-electron chi connectivity index (χ0n) is 14.7. The second kappa shape index (κ2) is 11.4. The summed E-state index contributed by atoms with van der Waals surface area (Å²) < 4.78 is 20.3. The van der Waals surface area contributed by atoms with Crippen LogP contribution in [0.15, 0.2) is 24.3 Å². The lowest BCUT2D eigenvalue weighted by molar-refractivity contribution is -0.150. The second-order valence-corrected chi connectivity index (χ2v) is 5.11. The highest BCUT2D eigenvalue weighted by molar-refractivity contribution is 5.84. The number of methoxy groups -OCH3 is 1. The number of aliphatic hydroxyl groups is 1. The van der Waals surface area contributed by atoms with Gasteiger partial charge in [-0.15, -0.1) is 0 Å². The summed E-state index contributed by atoms with van der Waals surface area (Å²) in [6, 6.07) is 5.29. The number of hydrogen-bond acceptors (Lipinski definition) is 7. The molecule has 25 heavy (non-hydrogen) atoms. The average Bonchev–Trinajstić information content (AvgIpc) is 2.59. The number of rotatable bonds is 11. The number of carbonyl (C=O) groups excluding carboxylic acids is 2. The van der Waals surface area contributed by atoms with Crippen LogP contribution in [0.3, 0.4) is 0 Å². The maximum absolute atomic E-state index is 11.9. The maximum atomic E-state index is 11.9. The molecule has 0 aliphatic rings. The molecule has 8 nitrogen and oxygen atoms in total. The van der Waals surface area contributed by atoms with Gasteiger partial charge in [0.05, 0.1) is 19.8 Å². The molecule has 0 saturated carbocycles. The standard InChI is InChI=1S/C17H25NO7/c1-4-24-17(21)15(18-12(2)19)16(20)13-5-7-14(8-6-13)25-11-23-10-9-22-3/h5-8,15-16,20H,4,9-11H2,1-3H3,(H,18,19)/t15-,16-/m1/s1. The third kappa shape index (κ3) is 7.51. The van der Waals surface area contributed by atoms with Crippen LogP contribution in [-0.4, -0.2) is 56.7 Å². The van der Waals surface area contributed by atoms with Crippen LogP contribution in [-0.2, 0) is 23.8 Å². The van der Waals surface area contributed by atoms with Gasteiger partial charge in [-0.3, -0.25) is 4.79 Å². The number of aliphatic hydroxyl groups excluding tert-OH is 1. The summed E-state index contributed by atoms with van der Waals surface area (Å²) in [6.07, 6.45) is -1.24. The highest BCUT2D eigenvalue weighted by atomic mass is 16.7. The van der Waals surface area contributed by atoms with E-state index in [9.17, 15) is 14.7 Å². The largest absolute Gasteiger partial charge is 0.468 e. The fraction of sp³-hybridized carbons (Fsp3) is 0.529. The van der Waals surface area contributed by atoms with Crippen molar-refractivity contribution in [1.29, 1.82) is 0 Å². The van der Waals surface area contributed by atoms with E-state index < -0.39 is 24.0 Å². The summed E-state index contributed by atoms with van der Waals surface area (Å²) in [7, 11) is 1.58. The van der Waals surface area contributed by atoms with E-state index in [-0.39, 0.29) is 13.4 Å². The monoisotopic (exact) mass is 355 g/mol. The number of ether oxygens (including phenoxy) is 4. The zero-order chi connectivity index (χ0) is 18.7. The molecule has 8 heteroatoms. The number of hydrogen-bond donors (Lipinski definition) is 2. The summed E-state index contributed by atoms with van der Waals surface area (Å²) in [6.45, 7) is 4.04. The van der Waals surface area contributed by atoms with Crippen molar-refractivity contribution in [3.8, 4) is 5.75 Å². The van der Waals surface area contributed by atoms with Crippen molar-refractivity contribution in [3.63, 3.8) is 0 Å². The fourth-order valence-electron chi connectivity index (χ4n) is 1.98. The van der Waals surface area contributed by atoms with Crippen LogP contribution in [0.25, 0.3) is 0 Å². The predicted molar refractivity (Wildman–Crippen MR) is 89.0 cm³/mol. The molecule has 0 aliphatic carbocycles. The Kier molecular flexibility index (Phi) is 9.53. The van der Waals surface area contributed by atoms with Gasteiger partial charge in [-0.2, -0.15) is 0 Å². The maximum Gasteiger partial charge on any atom is 0.331 e. The number of carbonyl (C=O) groups is 2. The van der Waals surface area contributed by atoms with Gasteiger partial charge in [0.2, 0.25) is 5.91 Å². The molecule has 1 rings (SSSR count). The molecule has 0 radical (unpaired) electrons. The van der Waals surface area contributed by atoms with Gasteiger partial charge in [0.1, 0.15) is 11.9 Å². The lowest BCUT2D eigenvalue weighted by Crippen LogP contribution is -2.45. The Bertz CT molecular complexity index is 532. The number of amides is 1. The first-order valence-corrected chi connectivity index (χ1v) is 7.90. The predicted octanol–water partition coefficient (Wildman–Crippen LogP) is 0.787. The van der Waals surface area contributed by atoms with Crippen molar-refractivity contribution >= 4 is 11.9 Å². The van der Waals surface area contributed by atoms with Gasteiger partial charge in [-0.05, 0) is 24.6 Å². The first-order valence-electron chi connectivity index (χ1n) is 7.90. The van der Waals surface area contributed by atoms with Crippen LogP contribution in [0.4, 0.5) is 0 Å². The molecule has 0 aliphatic heterocycles. The molecule has 1 aromatic rings. The SMILES string of the molecule is CCOC(=O)[C@H](NC(C)=O)[C@H](O)c1ccc(OCOCCOC)cc1. The molecule has 0 heterocycles. The van der Waals surface area contributed by atoms with Gasteiger partial charge in [0.15, 0.2) is 12.8 Å². The molecule has 1 aromatic carbocycles. The van der Waals surface area contributed by atoms with Crippen molar-refractivity contribution in [2.24, 2.45) is 0 Å². The minimum absolute atomic E-state index is 0.0720. The van der Waals surface area contributed by atoms with Gasteiger partial charge >= 0.3 is 5.97 Å². The summed E-state index contributed by atoms with van der Waals surface area (Å²) in [4.78, 5) is 23.2. The molecular weight excluding hydrogens is 330 g/mol. The van der Waals surface area contributed by atoms with E-state index in [4.69, 9.17) is 18.9 Å². The molecule has 0 bridgehead atoms. The normalized spacial score (nSPS) is 13.0. The lowest BCUT2D eigenvalue weighted by atomic mass is 10.0. The molecular formula is C17H25NO7. The third-order valence-corrected chi connectivity index (χ3v) is 3.18. The summed E-state index contributed by atoms with van der Waals surface area (Å²) in [5.41, 5.74) is 0.444. The van der Waals surface area contributed by atoms with Gasteiger partial charge in [0, 0.05) is 14.0 Å². The highest BCUT2D eigenvalue weighted by Gasteiger charge is 2.30. The van der Waals surface area contributed by atoms with Crippen molar-refractivity contribution in [3.05, 3.63) is 29.8 Å². The molecule has 0 aromatic heterocycles. The van der Waals surface area contributed by atoms with Gasteiger partial charge in [-0.1, -0.05) is 12.1 Å². The molecule has 140 valence electrons. The first-order chi connectivity index (χ1) is 12.0. The summed E-state index contributed by atoms with van der Waals surface area (Å²) in [5.74, 6) is -0.595. The van der Waals surface area contributed by atoms with Crippen LogP contribution in [0.2, 0.25) is 0 Å². The molecule has 0 saturated heterocycles. The fourth-order valence-corrected chi connectivity index (χ4v) is 1.98. The van der Waals surface area contributed by atoms with Crippen molar-refractivity contribution in [1.82, 2.24) is 5.32 Å². The number of benzene rings is 1. The minimum atomic E-state index is -1.24. The van der Waals surface area contributed by atoms with E-state index >= 15 is 0 Å². The van der Waals surface area contributed by atoms with Crippen molar-refractivity contribution in [2.75, 3.05) is 33.7 Å². The second-order valence-electron chi connectivity index (χ2n) is 5.11. The van der Waals surface area contributed by atoms with Crippen LogP contribution in [0, 0.1) is 0 Å². The van der Waals surface area contributed by atoms with E-state index in [2.05, 4.69) is 5.32 Å². The Morgan fingerprint density at radius 3 is 2.44 bits per heavy atom. The first kappa shape index (κ1) is 20.9. The van der Waals surface area contributed by atoms with E-state index in [1.54, 1.807) is 38.3 Å². The quantitative estimate of drug-likeness (QED) is 0.343. The Morgan fingerprint density at radius 1 is 1.20 bits per heavy atom. The lowest BCUT2D eigenvalue weighted by Gasteiger charge is -2.22. The molecule has 1 amide bonds. The van der Waals surface area contributed by atoms with Gasteiger partial charge < -0.3 is 29.4 Å². The van der Waals surface area contributed by atoms with Gasteiger partial charge in [0.25, 0.3) is 0 Å². The average molecular weight is 355 g/mol. The highest BCUT2D eigenvalue weighted by Crippen LogP contribution is 2.21. The topological polar surface area (TPSA) is 103 Å². The Balaban J connectivity index is 2.67. The van der Waals surface area contributed by atoms with Gasteiger partial charge in [-0.25, -0.2) is 4.79 Å². The van der Waals surface area contributed by atoms with Crippen molar-refractivity contribution < 1.29 is 33.6 Å².